The Morgan fingerprint density at radius 2 is 2.00 bits per heavy atom. The van der Waals surface area contributed by atoms with Crippen molar-refractivity contribution in [2.45, 2.75) is 50.2 Å². The summed E-state index contributed by atoms with van der Waals surface area (Å²) in [7, 11) is 0. The molecule has 2 fully saturated rings. The number of hydrogen-bond acceptors (Lipinski definition) is 2. The van der Waals surface area contributed by atoms with Crippen LogP contribution in [0.2, 0.25) is 0 Å². The van der Waals surface area contributed by atoms with Crippen molar-refractivity contribution >= 4 is 0 Å². The summed E-state index contributed by atoms with van der Waals surface area (Å²) in [6.45, 7) is 0.220. The minimum absolute atomic E-state index is 0.149. The molecule has 2 saturated heterocycles. The van der Waals surface area contributed by atoms with Crippen molar-refractivity contribution in [2.24, 2.45) is 0 Å². The molecule has 2 bridgehead atoms. The topological polar surface area (TPSA) is 21.3 Å². The number of nitrogens with one attached hydrogen (secondary N) is 1. The molecule has 1 aromatic rings. The molecule has 2 nitrogen and oxygen atoms in total. The van der Waals surface area contributed by atoms with E-state index in [1.165, 1.54) is 0 Å². The minimum Gasteiger partial charge on any atom is -0.373 e. The Bertz CT molecular complexity index is 502. The van der Waals surface area contributed by atoms with Gasteiger partial charge in [0.05, 0.1) is 17.8 Å². The fourth-order valence-corrected chi connectivity index (χ4v) is 3.02. The highest BCUT2D eigenvalue weighted by Gasteiger charge is 2.40. The summed E-state index contributed by atoms with van der Waals surface area (Å²) in [5.41, 5.74) is -0.640. The fraction of sp³-hybridized carbons (Fsp3) is 0.571. The predicted molar refractivity (Wildman–Crippen MR) is 64.5 cm³/mol. The Balaban J connectivity index is 1.67. The first kappa shape index (κ1) is 13.8. The lowest BCUT2D eigenvalue weighted by Gasteiger charge is -2.20. The zero-order valence-corrected chi connectivity index (χ0v) is 10.7. The summed E-state index contributed by atoms with van der Waals surface area (Å²) >= 11 is 0. The van der Waals surface area contributed by atoms with E-state index in [-0.39, 0.29) is 24.8 Å². The van der Waals surface area contributed by atoms with Gasteiger partial charge in [0, 0.05) is 12.6 Å². The van der Waals surface area contributed by atoms with Gasteiger partial charge < -0.3 is 10.1 Å². The van der Waals surface area contributed by atoms with E-state index in [4.69, 9.17) is 4.74 Å². The van der Waals surface area contributed by atoms with Gasteiger partial charge >= 0.3 is 6.18 Å². The van der Waals surface area contributed by atoms with Gasteiger partial charge in [-0.25, -0.2) is 4.39 Å². The van der Waals surface area contributed by atoms with Crippen molar-refractivity contribution < 1.29 is 22.3 Å². The maximum atomic E-state index is 13.3. The van der Waals surface area contributed by atoms with Crippen molar-refractivity contribution in [3.8, 4) is 0 Å². The Morgan fingerprint density at radius 3 is 2.60 bits per heavy atom. The lowest BCUT2D eigenvalue weighted by Crippen LogP contribution is -2.37. The maximum Gasteiger partial charge on any atom is 0.416 e. The number of halogens is 4. The number of rotatable bonds is 3. The van der Waals surface area contributed by atoms with Crippen LogP contribution in [-0.4, -0.2) is 18.2 Å². The van der Waals surface area contributed by atoms with Crippen LogP contribution in [0.3, 0.4) is 0 Å². The van der Waals surface area contributed by atoms with Crippen LogP contribution >= 0.6 is 0 Å². The molecule has 0 amide bonds. The van der Waals surface area contributed by atoms with E-state index < -0.39 is 17.6 Å². The average molecular weight is 289 g/mol. The molecule has 6 heteroatoms. The number of hydrogen-bond donors (Lipinski definition) is 1. The Morgan fingerprint density at radius 1 is 1.20 bits per heavy atom. The third kappa shape index (κ3) is 2.81. The predicted octanol–water partition coefficient (Wildman–Crippen LogP) is 3.25. The van der Waals surface area contributed by atoms with E-state index in [2.05, 4.69) is 5.32 Å². The summed E-state index contributed by atoms with van der Waals surface area (Å²) in [4.78, 5) is 0. The van der Waals surface area contributed by atoms with Gasteiger partial charge in [0.15, 0.2) is 0 Å². The maximum absolute atomic E-state index is 13.3. The summed E-state index contributed by atoms with van der Waals surface area (Å²) < 4.78 is 56.7. The van der Waals surface area contributed by atoms with Gasteiger partial charge in [-0.05, 0) is 43.0 Å². The summed E-state index contributed by atoms with van der Waals surface area (Å²) in [6.07, 6.45) is -1.18. The molecule has 110 valence electrons. The number of alkyl halides is 3. The molecular formula is C14H15F4NO. The van der Waals surface area contributed by atoms with E-state index in [0.29, 0.717) is 11.6 Å². The van der Waals surface area contributed by atoms with E-state index in [9.17, 15) is 17.6 Å². The Labute approximate surface area is 114 Å². The van der Waals surface area contributed by atoms with Crippen LogP contribution in [-0.2, 0) is 17.5 Å². The largest absolute Gasteiger partial charge is 0.416 e. The third-order valence-corrected chi connectivity index (χ3v) is 3.96. The first-order chi connectivity index (χ1) is 9.41. The van der Waals surface area contributed by atoms with Crippen LogP contribution in [0.25, 0.3) is 0 Å². The van der Waals surface area contributed by atoms with E-state index in [0.717, 1.165) is 31.4 Å². The van der Waals surface area contributed by atoms with Gasteiger partial charge in [-0.15, -0.1) is 0 Å². The highest BCUT2D eigenvalue weighted by molar-refractivity contribution is 5.26. The molecule has 3 atom stereocenters. The van der Waals surface area contributed by atoms with Crippen molar-refractivity contribution in [2.75, 3.05) is 0 Å². The van der Waals surface area contributed by atoms with Crippen molar-refractivity contribution in [3.63, 3.8) is 0 Å². The number of fused-ring (bicyclic) bond motifs is 2. The zero-order valence-electron chi connectivity index (χ0n) is 10.7. The smallest absolute Gasteiger partial charge is 0.373 e. The van der Waals surface area contributed by atoms with Crippen LogP contribution in [0, 0.1) is 5.82 Å². The van der Waals surface area contributed by atoms with Gasteiger partial charge in [0.1, 0.15) is 5.82 Å². The molecule has 20 heavy (non-hydrogen) atoms. The van der Waals surface area contributed by atoms with Gasteiger partial charge in [-0.2, -0.15) is 13.2 Å². The zero-order chi connectivity index (χ0) is 14.3. The van der Waals surface area contributed by atoms with Gasteiger partial charge in [-0.1, -0.05) is 0 Å². The lowest BCUT2D eigenvalue weighted by molar-refractivity contribution is -0.137. The van der Waals surface area contributed by atoms with Crippen LogP contribution < -0.4 is 5.32 Å². The fourth-order valence-electron chi connectivity index (χ4n) is 3.02. The number of benzene rings is 1. The van der Waals surface area contributed by atoms with Crippen molar-refractivity contribution in [3.05, 3.63) is 35.1 Å². The van der Waals surface area contributed by atoms with Crippen LogP contribution in [0.1, 0.15) is 30.4 Å². The molecule has 0 aromatic heterocycles. The number of ether oxygens (including phenoxy) is 1. The quantitative estimate of drug-likeness (QED) is 0.862. The first-order valence-corrected chi connectivity index (χ1v) is 6.67. The Hall–Kier alpha value is -1.14. The molecule has 1 N–H and O–H groups in total. The molecule has 3 rings (SSSR count). The molecule has 2 aliphatic rings. The molecule has 3 unspecified atom stereocenters. The highest BCUT2D eigenvalue weighted by Crippen LogP contribution is 2.34. The molecular weight excluding hydrogens is 274 g/mol. The normalized spacial score (nSPS) is 29.1. The SMILES string of the molecule is Fc1cc(CNC2CC3CCC2O3)cc(C(F)(F)F)c1. The summed E-state index contributed by atoms with van der Waals surface area (Å²) in [5, 5.41) is 3.18. The lowest BCUT2D eigenvalue weighted by atomic mass is 9.95. The van der Waals surface area contributed by atoms with Crippen molar-refractivity contribution in [1.82, 2.24) is 5.32 Å². The molecule has 0 spiro atoms. The van der Waals surface area contributed by atoms with Crippen LogP contribution in [0.5, 0.6) is 0 Å². The second-order valence-corrected chi connectivity index (χ2v) is 5.44. The summed E-state index contributed by atoms with van der Waals surface area (Å²) in [6, 6.07) is 2.80. The van der Waals surface area contributed by atoms with Crippen LogP contribution in [0.4, 0.5) is 17.6 Å². The molecule has 1 aromatic carbocycles. The minimum atomic E-state index is -4.52. The molecule has 2 aliphatic heterocycles. The summed E-state index contributed by atoms with van der Waals surface area (Å²) in [5.74, 6) is -0.860. The molecule has 0 saturated carbocycles. The van der Waals surface area contributed by atoms with E-state index in [1.54, 1.807) is 0 Å². The third-order valence-electron chi connectivity index (χ3n) is 3.96. The molecule has 0 radical (unpaired) electrons. The average Bonchev–Trinajstić information content (AvgIpc) is 2.96. The first-order valence-electron chi connectivity index (χ1n) is 6.67. The highest BCUT2D eigenvalue weighted by atomic mass is 19.4. The van der Waals surface area contributed by atoms with Gasteiger partial charge in [-0.3, -0.25) is 0 Å². The van der Waals surface area contributed by atoms with Gasteiger partial charge in [0.25, 0.3) is 0 Å². The standard InChI is InChI=1S/C14H15F4NO/c15-10-4-8(3-9(5-10)14(16,17)18)7-19-12-6-11-1-2-13(12)20-11/h3-5,11-13,19H,1-2,6-7H2. The molecule has 2 heterocycles. The second kappa shape index (κ2) is 5.00. The second-order valence-electron chi connectivity index (χ2n) is 5.44. The van der Waals surface area contributed by atoms with Crippen LogP contribution in [0.15, 0.2) is 18.2 Å². The van der Waals surface area contributed by atoms with Crippen molar-refractivity contribution in [1.29, 1.82) is 0 Å². The molecule has 0 aliphatic carbocycles. The Kier molecular flexibility index (Phi) is 3.46. The van der Waals surface area contributed by atoms with E-state index >= 15 is 0 Å². The van der Waals surface area contributed by atoms with Gasteiger partial charge in [0.2, 0.25) is 0 Å². The van der Waals surface area contributed by atoms with E-state index in [1.807, 2.05) is 0 Å². The monoisotopic (exact) mass is 289 g/mol.